The van der Waals surface area contributed by atoms with Gasteiger partial charge in [0.2, 0.25) is 6.79 Å². The van der Waals surface area contributed by atoms with Crippen molar-refractivity contribution in [2.45, 2.75) is 6.54 Å². The van der Waals surface area contributed by atoms with Crippen molar-refractivity contribution in [1.82, 2.24) is 4.98 Å². The first-order valence-electron chi connectivity index (χ1n) is 6.43. The highest BCUT2D eigenvalue weighted by atomic mass is 35.5. The highest BCUT2D eigenvalue weighted by Gasteiger charge is 2.20. The molecule has 1 aliphatic heterocycles. The topological polar surface area (TPSA) is 60.9 Å². The molecule has 1 aromatic heterocycles. The van der Waals surface area contributed by atoms with E-state index in [1.807, 2.05) is 30.1 Å². The Balaban J connectivity index is 1.77. The zero-order valence-electron chi connectivity index (χ0n) is 12.0. The average molecular weight is 341 g/mol. The standard InChI is InChI=1S/C14H13ClN2O4S/c1-17(14-16-12(15)11(22-14)13(18)19-2)6-8-3-4-9-10(5-8)21-7-20-9/h3-5H,6-7H2,1-2H3. The molecule has 0 saturated carbocycles. The second-order valence-corrected chi connectivity index (χ2v) is 5.99. The highest BCUT2D eigenvalue weighted by Crippen LogP contribution is 2.34. The Morgan fingerprint density at radius 2 is 2.23 bits per heavy atom. The van der Waals surface area contributed by atoms with Crippen LogP contribution in [0.3, 0.4) is 0 Å². The number of halogens is 1. The Morgan fingerprint density at radius 3 is 3.00 bits per heavy atom. The van der Waals surface area contributed by atoms with Gasteiger partial charge in [0.1, 0.15) is 0 Å². The number of hydrogen-bond acceptors (Lipinski definition) is 7. The van der Waals surface area contributed by atoms with Crippen LogP contribution in [0.2, 0.25) is 5.15 Å². The van der Waals surface area contributed by atoms with Crippen molar-refractivity contribution in [3.8, 4) is 11.5 Å². The van der Waals surface area contributed by atoms with E-state index in [-0.39, 0.29) is 11.9 Å². The number of benzene rings is 1. The molecule has 8 heteroatoms. The number of anilines is 1. The van der Waals surface area contributed by atoms with Crippen molar-refractivity contribution >= 4 is 34.0 Å². The second-order valence-electron chi connectivity index (χ2n) is 4.65. The van der Waals surface area contributed by atoms with Crippen LogP contribution in [0.25, 0.3) is 0 Å². The quantitative estimate of drug-likeness (QED) is 0.797. The molecule has 0 N–H and O–H groups in total. The molecule has 1 aliphatic rings. The summed E-state index contributed by atoms with van der Waals surface area (Å²) in [6.07, 6.45) is 0. The van der Waals surface area contributed by atoms with Crippen molar-refractivity contribution in [3.63, 3.8) is 0 Å². The fraction of sp³-hybridized carbons (Fsp3) is 0.286. The molecule has 0 fully saturated rings. The molecular formula is C14H13ClN2O4S. The van der Waals surface area contributed by atoms with E-state index < -0.39 is 5.97 Å². The smallest absolute Gasteiger partial charge is 0.351 e. The SMILES string of the molecule is COC(=O)c1sc(N(C)Cc2ccc3c(c2)OCO3)nc1Cl. The van der Waals surface area contributed by atoms with Crippen LogP contribution >= 0.6 is 22.9 Å². The summed E-state index contributed by atoms with van der Waals surface area (Å²) in [4.78, 5) is 18.0. The number of ether oxygens (including phenoxy) is 3. The summed E-state index contributed by atoms with van der Waals surface area (Å²) < 4.78 is 15.3. The molecule has 0 amide bonds. The van der Waals surface area contributed by atoms with E-state index >= 15 is 0 Å². The minimum Gasteiger partial charge on any atom is -0.465 e. The van der Waals surface area contributed by atoms with Crippen LogP contribution in [0, 0.1) is 0 Å². The van der Waals surface area contributed by atoms with Gasteiger partial charge in [0.25, 0.3) is 0 Å². The van der Waals surface area contributed by atoms with E-state index in [2.05, 4.69) is 9.72 Å². The van der Waals surface area contributed by atoms with E-state index in [0.29, 0.717) is 16.6 Å². The largest absolute Gasteiger partial charge is 0.465 e. The molecule has 2 aromatic rings. The van der Waals surface area contributed by atoms with E-state index in [1.54, 1.807) is 0 Å². The van der Waals surface area contributed by atoms with Gasteiger partial charge in [0, 0.05) is 13.6 Å². The molecule has 0 bridgehead atoms. The minimum atomic E-state index is -0.481. The maximum Gasteiger partial charge on any atom is 0.351 e. The Hall–Kier alpha value is -1.99. The second kappa shape index (κ2) is 6.02. The molecule has 22 heavy (non-hydrogen) atoms. The molecule has 0 radical (unpaired) electrons. The molecule has 2 heterocycles. The number of methoxy groups -OCH3 is 1. The summed E-state index contributed by atoms with van der Waals surface area (Å²) in [5.74, 6) is 1.00. The first-order chi connectivity index (χ1) is 10.6. The molecule has 0 spiro atoms. The Bertz CT molecular complexity index is 719. The van der Waals surface area contributed by atoms with Gasteiger partial charge in [-0.25, -0.2) is 9.78 Å². The lowest BCUT2D eigenvalue weighted by Crippen LogP contribution is -2.15. The summed E-state index contributed by atoms with van der Waals surface area (Å²) in [6.45, 7) is 0.848. The van der Waals surface area contributed by atoms with Gasteiger partial charge >= 0.3 is 5.97 Å². The zero-order valence-corrected chi connectivity index (χ0v) is 13.5. The van der Waals surface area contributed by atoms with Gasteiger partial charge in [0.15, 0.2) is 26.7 Å². The van der Waals surface area contributed by atoms with Crippen LogP contribution in [-0.4, -0.2) is 31.9 Å². The minimum absolute atomic E-state index is 0.157. The Labute approximate surface area is 136 Å². The predicted molar refractivity (Wildman–Crippen MR) is 83.1 cm³/mol. The molecule has 0 saturated heterocycles. The highest BCUT2D eigenvalue weighted by molar-refractivity contribution is 7.18. The summed E-state index contributed by atoms with van der Waals surface area (Å²) >= 11 is 7.18. The van der Waals surface area contributed by atoms with Crippen molar-refractivity contribution in [2.75, 3.05) is 25.9 Å². The summed E-state index contributed by atoms with van der Waals surface area (Å²) in [5.41, 5.74) is 1.04. The van der Waals surface area contributed by atoms with Gasteiger partial charge in [0.05, 0.1) is 7.11 Å². The van der Waals surface area contributed by atoms with E-state index in [0.717, 1.165) is 17.1 Å². The first-order valence-corrected chi connectivity index (χ1v) is 7.62. The molecule has 0 aliphatic carbocycles. The summed E-state index contributed by atoms with van der Waals surface area (Å²) in [5, 5.41) is 0.799. The van der Waals surface area contributed by atoms with Gasteiger partial charge < -0.3 is 19.1 Å². The van der Waals surface area contributed by atoms with Crippen LogP contribution < -0.4 is 14.4 Å². The number of carbonyl (C=O) groups excluding carboxylic acids is 1. The van der Waals surface area contributed by atoms with Crippen molar-refractivity contribution in [1.29, 1.82) is 0 Å². The molecule has 0 unspecified atom stereocenters. The molecule has 3 rings (SSSR count). The van der Waals surface area contributed by atoms with Crippen LogP contribution in [0.4, 0.5) is 5.13 Å². The summed E-state index contributed by atoms with van der Waals surface area (Å²) in [7, 11) is 3.19. The maximum absolute atomic E-state index is 11.6. The van der Waals surface area contributed by atoms with Crippen molar-refractivity contribution in [2.24, 2.45) is 0 Å². The maximum atomic E-state index is 11.6. The number of carbonyl (C=O) groups is 1. The van der Waals surface area contributed by atoms with Crippen molar-refractivity contribution in [3.05, 3.63) is 33.8 Å². The van der Waals surface area contributed by atoms with Crippen LogP contribution in [0.15, 0.2) is 18.2 Å². The van der Waals surface area contributed by atoms with Crippen molar-refractivity contribution < 1.29 is 19.0 Å². The zero-order chi connectivity index (χ0) is 15.7. The normalized spacial score (nSPS) is 12.3. The average Bonchev–Trinajstić information content (AvgIpc) is 3.12. The third-order valence-electron chi connectivity index (χ3n) is 3.13. The molecule has 0 atom stereocenters. The van der Waals surface area contributed by atoms with Gasteiger partial charge in [-0.15, -0.1) is 0 Å². The Morgan fingerprint density at radius 1 is 1.45 bits per heavy atom. The van der Waals surface area contributed by atoms with E-state index in [1.165, 1.54) is 18.4 Å². The van der Waals surface area contributed by atoms with Crippen LogP contribution in [-0.2, 0) is 11.3 Å². The molecular weight excluding hydrogens is 328 g/mol. The van der Waals surface area contributed by atoms with Gasteiger partial charge in [-0.3, -0.25) is 0 Å². The first kappa shape index (κ1) is 14.9. The summed E-state index contributed by atoms with van der Waals surface area (Å²) in [6, 6.07) is 5.76. The fourth-order valence-electron chi connectivity index (χ4n) is 2.05. The number of fused-ring (bicyclic) bond motifs is 1. The number of hydrogen-bond donors (Lipinski definition) is 0. The molecule has 6 nitrogen and oxygen atoms in total. The van der Waals surface area contributed by atoms with Crippen LogP contribution in [0.5, 0.6) is 11.5 Å². The third kappa shape index (κ3) is 2.82. The third-order valence-corrected chi connectivity index (χ3v) is 4.66. The van der Waals surface area contributed by atoms with Gasteiger partial charge in [-0.1, -0.05) is 29.0 Å². The number of thiazole rings is 1. The van der Waals surface area contributed by atoms with E-state index in [4.69, 9.17) is 21.1 Å². The number of nitrogens with zero attached hydrogens (tertiary/aromatic N) is 2. The lowest BCUT2D eigenvalue weighted by atomic mass is 10.2. The van der Waals surface area contributed by atoms with Crippen LogP contribution in [0.1, 0.15) is 15.2 Å². The number of rotatable bonds is 4. The van der Waals surface area contributed by atoms with E-state index in [9.17, 15) is 4.79 Å². The fourth-order valence-corrected chi connectivity index (χ4v) is 3.21. The number of esters is 1. The lowest BCUT2D eigenvalue weighted by Gasteiger charge is -2.15. The molecule has 1 aromatic carbocycles. The van der Waals surface area contributed by atoms with Gasteiger partial charge in [-0.2, -0.15) is 0 Å². The monoisotopic (exact) mass is 340 g/mol. The Kier molecular flexibility index (Phi) is 4.08. The number of aromatic nitrogens is 1. The lowest BCUT2D eigenvalue weighted by molar-refractivity contribution is 0.0606. The van der Waals surface area contributed by atoms with Gasteiger partial charge in [-0.05, 0) is 17.7 Å². The molecule has 116 valence electrons. The predicted octanol–water partition coefficient (Wildman–Crippen LogP) is 2.95.